The molecule has 2 aromatic heterocycles. The highest BCUT2D eigenvalue weighted by Gasteiger charge is 2.26. The lowest BCUT2D eigenvalue weighted by molar-refractivity contribution is -0.118. The Hall–Kier alpha value is -3.17. The molecule has 0 aliphatic heterocycles. The Morgan fingerprint density at radius 1 is 1.38 bits per heavy atom. The quantitative estimate of drug-likeness (QED) is 0.593. The van der Waals surface area contributed by atoms with Crippen molar-refractivity contribution in [1.29, 1.82) is 0 Å². The minimum atomic E-state index is -0.354. The summed E-state index contributed by atoms with van der Waals surface area (Å²) in [6.07, 6.45) is 5.43. The number of hydrogen-bond donors (Lipinski definition) is 3. The summed E-state index contributed by atoms with van der Waals surface area (Å²) in [5, 5.41) is 18.6. The van der Waals surface area contributed by atoms with Crippen LogP contribution < -0.4 is 10.6 Å². The molecule has 9 nitrogen and oxygen atoms in total. The van der Waals surface area contributed by atoms with Crippen molar-refractivity contribution < 1.29 is 9.53 Å². The van der Waals surface area contributed by atoms with E-state index in [1.54, 1.807) is 38.2 Å². The molecule has 29 heavy (non-hydrogen) atoms. The van der Waals surface area contributed by atoms with Crippen LogP contribution in [0.2, 0.25) is 5.02 Å². The van der Waals surface area contributed by atoms with Gasteiger partial charge in [-0.15, -0.1) is 5.10 Å². The van der Waals surface area contributed by atoms with Crippen LogP contribution in [0.4, 0.5) is 11.6 Å². The number of allylic oxidation sites excluding steroid dienone is 2. The fourth-order valence-electron chi connectivity index (χ4n) is 3.25. The summed E-state index contributed by atoms with van der Waals surface area (Å²) >= 11 is 6.48. The van der Waals surface area contributed by atoms with Crippen molar-refractivity contribution in [2.45, 2.75) is 12.5 Å². The van der Waals surface area contributed by atoms with Crippen LogP contribution in [0, 0.1) is 0 Å². The monoisotopic (exact) mass is 413 g/mol. The van der Waals surface area contributed by atoms with Crippen molar-refractivity contribution in [3.05, 3.63) is 46.9 Å². The molecule has 1 aliphatic carbocycles. The first-order chi connectivity index (χ1) is 14.0. The van der Waals surface area contributed by atoms with E-state index >= 15 is 0 Å². The average molecular weight is 414 g/mol. The van der Waals surface area contributed by atoms with Crippen molar-refractivity contribution in [1.82, 2.24) is 30.3 Å². The first-order valence-corrected chi connectivity index (χ1v) is 9.35. The Morgan fingerprint density at radius 2 is 2.21 bits per heavy atom. The number of hydrogen-bond acceptors (Lipinski definition) is 6. The lowest BCUT2D eigenvalue weighted by Gasteiger charge is -2.21. The molecule has 0 saturated carbocycles. The van der Waals surface area contributed by atoms with Gasteiger partial charge in [-0.25, -0.2) is 4.68 Å². The minimum absolute atomic E-state index is 0.159. The molecule has 0 saturated heterocycles. The first kappa shape index (κ1) is 19.2. The van der Waals surface area contributed by atoms with Crippen LogP contribution in [0.5, 0.6) is 0 Å². The average Bonchev–Trinajstić information content (AvgIpc) is 3.36. The van der Waals surface area contributed by atoms with E-state index in [1.165, 1.54) is 0 Å². The van der Waals surface area contributed by atoms with Gasteiger partial charge in [0.25, 0.3) is 0 Å². The number of carbonyl (C=O) groups excluding carboxylic acids is 1. The van der Waals surface area contributed by atoms with E-state index in [4.69, 9.17) is 16.3 Å². The van der Waals surface area contributed by atoms with Crippen LogP contribution >= 0.6 is 11.6 Å². The number of benzene rings is 1. The van der Waals surface area contributed by atoms with Crippen molar-refractivity contribution in [3.8, 4) is 0 Å². The highest BCUT2D eigenvalue weighted by atomic mass is 35.5. The molecule has 150 valence electrons. The van der Waals surface area contributed by atoms with Gasteiger partial charge in [0, 0.05) is 44.2 Å². The number of aromatic amines is 1. The van der Waals surface area contributed by atoms with Gasteiger partial charge in [-0.3, -0.25) is 9.89 Å². The van der Waals surface area contributed by atoms with Crippen LogP contribution in [-0.4, -0.2) is 51.1 Å². The highest BCUT2D eigenvalue weighted by molar-refractivity contribution is 6.38. The zero-order chi connectivity index (χ0) is 20.5. The van der Waals surface area contributed by atoms with E-state index in [1.807, 2.05) is 18.2 Å². The summed E-state index contributed by atoms with van der Waals surface area (Å²) in [5.41, 5.74) is 3.02. The molecule has 0 fully saturated rings. The summed E-state index contributed by atoms with van der Waals surface area (Å²) in [5.74, 6) is 0.943. The third-order valence-corrected chi connectivity index (χ3v) is 5.25. The summed E-state index contributed by atoms with van der Waals surface area (Å²) in [6, 6.07) is 3.75. The molecule has 1 amide bonds. The fraction of sp³-hybridized carbons (Fsp3) is 0.263. The largest absolute Gasteiger partial charge is 0.376 e. The molecule has 1 unspecified atom stereocenters. The smallest absolute Gasteiger partial charge is 0.249 e. The third-order valence-electron chi connectivity index (χ3n) is 4.85. The predicted molar refractivity (Wildman–Crippen MR) is 111 cm³/mol. The van der Waals surface area contributed by atoms with Gasteiger partial charge in [-0.2, -0.15) is 10.1 Å². The molecule has 0 spiro atoms. The molecule has 0 radical (unpaired) electrons. The standard InChI is InChI=1S/C19H20ClN7O2/c1-21-18(28)11-5-4-10(8-15(11)29-3)17-24-19(27(2)26-17)23-14-7-6-13-12(16(14)20)9-22-25-13/h4-7,9,15H,8H2,1-3H3,(H,21,28)(H,22,25)(H,23,24,26). The number of H-pyrrole nitrogens is 1. The number of fused-ring (bicyclic) bond motifs is 1. The number of nitrogens with zero attached hydrogens (tertiary/aromatic N) is 4. The zero-order valence-corrected chi connectivity index (χ0v) is 16.9. The van der Waals surface area contributed by atoms with E-state index in [-0.39, 0.29) is 12.0 Å². The van der Waals surface area contributed by atoms with Crippen LogP contribution in [0.25, 0.3) is 16.5 Å². The maximum Gasteiger partial charge on any atom is 0.249 e. The molecule has 1 aliphatic rings. The number of rotatable bonds is 5. The van der Waals surface area contributed by atoms with Crippen LogP contribution in [-0.2, 0) is 16.6 Å². The summed E-state index contributed by atoms with van der Waals surface area (Å²) in [7, 11) is 4.97. The minimum Gasteiger partial charge on any atom is -0.376 e. The Labute approximate surface area is 171 Å². The molecule has 1 atom stereocenters. The second-order valence-electron chi connectivity index (χ2n) is 6.59. The highest BCUT2D eigenvalue weighted by Crippen LogP contribution is 2.32. The van der Waals surface area contributed by atoms with Crippen molar-refractivity contribution >= 4 is 45.6 Å². The molecule has 3 N–H and O–H groups in total. The van der Waals surface area contributed by atoms with E-state index in [0.717, 1.165) is 16.5 Å². The Kier molecular flexibility index (Phi) is 5.08. The Bertz CT molecular complexity index is 1140. The van der Waals surface area contributed by atoms with Gasteiger partial charge in [0.1, 0.15) is 0 Å². The molecule has 2 heterocycles. The topological polar surface area (TPSA) is 110 Å². The molecular weight excluding hydrogens is 394 g/mol. The van der Waals surface area contributed by atoms with Gasteiger partial charge in [0.15, 0.2) is 5.82 Å². The summed E-state index contributed by atoms with van der Waals surface area (Å²) in [4.78, 5) is 16.6. The number of aryl methyl sites for hydroxylation is 1. The Balaban J connectivity index is 1.62. The predicted octanol–water partition coefficient (Wildman–Crippen LogP) is 2.56. The number of aromatic nitrogens is 5. The molecular formula is C19H20ClN7O2. The molecule has 4 rings (SSSR count). The van der Waals surface area contributed by atoms with E-state index in [2.05, 4.69) is 30.9 Å². The number of carbonyl (C=O) groups is 1. The molecule has 10 heteroatoms. The van der Waals surface area contributed by atoms with Crippen molar-refractivity contribution in [2.75, 3.05) is 19.5 Å². The number of amides is 1. The second kappa shape index (κ2) is 7.69. The normalized spacial score (nSPS) is 16.5. The Morgan fingerprint density at radius 3 is 2.97 bits per heavy atom. The summed E-state index contributed by atoms with van der Waals surface area (Å²) < 4.78 is 7.13. The molecule has 3 aromatic rings. The lowest BCUT2D eigenvalue weighted by atomic mass is 9.94. The van der Waals surface area contributed by atoms with E-state index < -0.39 is 0 Å². The van der Waals surface area contributed by atoms with Crippen molar-refractivity contribution in [2.24, 2.45) is 7.05 Å². The van der Waals surface area contributed by atoms with Gasteiger partial charge in [-0.05, 0) is 12.1 Å². The van der Waals surface area contributed by atoms with Crippen LogP contribution in [0.1, 0.15) is 12.2 Å². The van der Waals surface area contributed by atoms with Gasteiger partial charge in [0.2, 0.25) is 11.9 Å². The third kappa shape index (κ3) is 3.50. The molecule has 0 bridgehead atoms. The SMILES string of the molecule is CNC(=O)C1=CC=C(c2nc(Nc3ccc4[nH]ncc4c3Cl)n(C)n2)CC1OC. The van der Waals surface area contributed by atoms with Crippen molar-refractivity contribution in [3.63, 3.8) is 0 Å². The maximum atomic E-state index is 12.0. The van der Waals surface area contributed by atoms with Gasteiger partial charge in [0.05, 0.1) is 28.5 Å². The van der Waals surface area contributed by atoms with E-state index in [0.29, 0.717) is 34.5 Å². The van der Waals surface area contributed by atoms with E-state index in [9.17, 15) is 4.79 Å². The fourth-order valence-corrected chi connectivity index (χ4v) is 3.51. The summed E-state index contributed by atoms with van der Waals surface area (Å²) in [6.45, 7) is 0. The number of halogens is 1. The van der Waals surface area contributed by atoms with Crippen LogP contribution in [0.15, 0.2) is 36.1 Å². The maximum absolute atomic E-state index is 12.0. The van der Waals surface area contributed by atoms with Gasteiger partial charge >= 0.3 is 0 Å². The van der Waals surface area contributed by atoms with Crippen LogP contribution in [0.3, 0.4) is 0 Å². The lowest BCUT2D eigenvalue weighted by Crippen LogP contribution is -2.30. The van der Waals surface area contributed by atoms with Gasteiger partial charge in [-0.1, -0.05) is 23.8 Å². The second-order valence-corrected chi connectivity index (χ2v) is 6.97. The number of ether oxygens (including phenoxy) is 1. The number of methoxy groups -OCH3 is 1. The zero-order valence-electron chi connectivity index (χ0n) is 16.2. The van der Waals surface area contributed by atoms with Gasteiger partial charge < -0.3 is 15.4 Å². The number of nitrogens with one attached hydrogen (secondary N) is 3. The number of anilines is 2. The first-order valence-electron chi connectivity index (χ1n) is 8.97. The molecule has 1 aromatic carbocycles. The number of likely N-dealkylation sites (N-methyl/N-ethyl adjacent to an activating group) is 1.